The van der Waals surface area contributed by atoms with E-state index in [2.05, 4.69) is 19.7 Å². The van der Waals surface area contributed by atoms with Crippen molar-refractivity contribution in [1.82, 2.24) is 5.32 Å². The van der Waals surface area contributed by atoms with Crippen molar-refractivity contribution in [2.24, 2.45) is 0 Å². The molecule has 0 unspecified atom stereocenters. The van der Waals surface area contributed by atoms with Crippen molar-refractivity contribution < 1.29 is 16.8 Å². The third kappa shape index (κ3) is 8.65. The molecule has 0 saturated carbocycles. The number of sulfonamides is 2. The average Bonchev–Trinajstić information content (AvgIpc) is 3.15. The maximum Gasteiger partial charge on any atom is 0.261 e. The van der Waals surface area contributed by atoms with Gasteiger partial charge >= 0.3 is 0 Å². The minimum Gasteiger partial charge on any atom is -0.370 e. The maximum absolute atomic E-state index is 13.0. The lowest BCUT2D eigenvalue weighted by Gasteiger charge is -2.24. The Hall–Kier alpha value is -2.76. The van der Waals surface area contributed by atoms with Gasteiger partial charge in [0.05, 0.1) is 21.7 Å². The van der Waals surface area contributed by atoms with E-state index in [1.807, 2.05) is 18.2 Å². The monoisotopic (exact) mass is 584 g/mol. The Morgan fingerprint density at radius 2 is 1.43 bits per heavy atom. The van der Waals surface area contributed by atoms with E-state index in [9.17, 15) is 16.8 Å². The highest BCUT2D eigenvalue weighted by atomic mass is 35.5. The highest BCUT2D eigenvalue weighted by Crippen LogP contribution is 2.31. The Labute approximate surface area is 231 Å². The summed E-state index contributed by atoms with van der Waals surface area (Å²) in [6, 6.07) is 22.1. The molecule has 0 bridgehead atoms. The molecule has 1 heterocycles. The van der Waals surface area contributed by atoms with Gasteiger partial charge in [0.25, 0.3) is 20.0 Å². The molecule has 1 fully saturated rings. The molecule has 8 nitrogen and oxygen atoms in total. The summed E-state index contributed by atoms with van der Waals surface area (Å²) in [5, 5.41) is 4.40. The molecule has 0 atom stereocenters. The lowest BCUT2D eigenvalue weighted by atomic mass is 10.2. The Morgan fingerprint density at radius 1 is 0.757 bits per heavy atom. The molecule has 4 rings (SSSR count). The van der Waals surface area contributed by atoms with Gasteiger partial charge in [0.2, 0.25) is 0 Å². The second-order valence-corrected chi connectivity index (χ2v) is 11.3. The van der Waals surface area contributed by atoms with Gasteiger partial charge in [0, 0.05) is 25.3 Å². The number of rotatable bonds is 8. The van der Waals surface area contributed by atoms with Crippen LogP contribution in [-0.2, 0) is 20.0 Å². The number of benzene rings is 3. The van der Waals surface area contributed by atoms with Crippen molar-refractivity contribution >= 4 is 68.0 Å². The predicted molar refractivity (Wildman–Crippen MR) is 156 cm³/mol. The van der Waals surface area contributed by atoms with E-state index in [-0.39, 0.29) is 41.1 Å². The van der Waals surface area contributed by atoms with Gasteiger partial charge in [-0.25, -0.2) is 16.8 Å². The van der Waals surface area contributed by atoms with E-state index in [0.717, 1.165) is 49.3 Å². The van der Waals surface area contributed by atoms with Gasteiger partial charge in [-0.3, -0.25) is 9.44 Å². The Morgan fingerprint density at radius 3 is 2.14 bits per heavy atom. The molecule has 1 aliphatic heterocycles. The van der Waals surface area contributed by atoms with Crippen LogP contribution in [0.25, 0.3) is 6.08 Å². The Bertz CT molecular complexity index is 1380. The van der Waals surface area contributed by atoms with Crippen molar-refractivity contribution in [3.05, 3.63) is 89.8 Å². The zero-order valence-electron chi connectivity index (χ0n) is 19.9. The molecule has 0 aromatic heterocycles. The van der Waals surface area contributed by atoms with Crippen LogP contribution in [0.5, 0.6) is 0 Å². The van der Waals surface area contributed by atoms with E-state index in [1.54, 1.807) is 48.5 Å². The first kappa shape index (κ1) is 30.5. The lowest BCUT2D eigenvalue weighted by Crippen LogP contribution is -2.28. The summed E-state index contributed by atoms with van der Waals surface area (Å²) in [7, 11) is -7.84. The summed E-state index contributed by atoms with van der Waals surface area (Å²) in [5.41, 5.74) is 1.83. The van der Waals surface area contributed by atoms with E-state index in [4.69, 9.17) is 0 Å². The second-order valence-electron chi connectivity index (χ2n) is 8.10. The van der Waals surface area contributed by atoms with Crippen LogP contribution in [0.4, 0.5) is 17.1 Å². The van der Waals surface area contributed by atoms with Crippen LogP contribution in [0, 0.1) is 0 Å². The molecule has 1 saturated heterocycles. The molecule has 12 heteroatoms. The second kappa shape index (κ2) is 13.7. The molecular weight excluding hydrogens is 555 g/mol. The fourth-order valence-corrected chi connectivity index (χ4v) is 5.71. The van der Waals surface area contributed by atoms with Gasteiger partial charge < -0.3 is 10.2 Å². The number of hydrogen-bond acceptors (Lipinski definition) is 6. The van der Waals surface area contributed by atoms with Crippen molar-refractivity contribution in [3.8, 4) is 0 Å². The summed E-state index contributed by atoms with van der Waals surface area (Å²) in [5.74, 6) is 0. The number of anilines is 3. The highest BCUT2D eigenvalue weighted by molar-refractivity contribution is 7.95. The predicted octanol–water partition coefficient (Wildman–Crippen LogP) is 4.54. The molecule has 3 aromatic carbocycles. The summed E-state index contributed by atoms with van der Waals surface area (Å²) in [4.78, 5) is 2.23. The Balaban J connectivity index is 0.00000241. The zero-order valence-corrected chi connectivity index (χ0v) is 23.2. The minimum atomic E-state index is -3.94. The van der Waals surface area contributed by atoms with Gasteiger partial charge in [-0.2, -0.15) is 0 Å². The zero-order chi connectivity index (χ0) is 24.7. The topological polar surface area (TPSA) is 108 Å². The largest absolute Gasteiger partial charge is 0.370 e. The standard InChI is InChI=1S/C25H28N4O4S2.2ClH/c30-34(31,19-14-21-8-3-1-4-9-21)27-24-13-12-22(29-17-7-15-26-16-18-29)20-25(24)28-35(32,33)23-10-5-2-6-11-23;;/h1-6,8-14,19-20,26-28H,7,15-18H2;2*1H/b19-14+;;. The van der Waals surface area contributed by atoms with E-state index >= 15 is 0 Å². The van der Waals surface area contributed by atoms with Crippen LogP contribution in [0.1, 0.15) is 12.0 Å². The summed E-state index contributed by atoms with van der Waals surface area (Å²) in [6.45, 7) is 3.29. The van der Waals surface area contributed by atoms with Crippen LogP contribution in [0.2, 0.25) is 0 Å². The first-order valence-corrected chi connectivity index (χ1v) is 14.3. The molecule has 0 radical (unpaired) electrons. The lowest BCUT2D eigenvalue weighted by molar-refractivity contribution is 0.600. The van der Waals surface area contributed by atoms with Crippen LogP contribution in [0.3, 0.4) is 0 Å². The van der Waals surface area contributed by atoms with E-state index < -0.39 is 20.0 Å². The quantitative estimate of drug-likeness (QED) is 0.358. The normalized spacial score (nSPS) is 14.2. The third-order valence-corrected chi connectivity index (χ3v) is 7.88. The molecule has 0 aliphatic carbocycles. The van der Waals surface area contributed by atoms with Gasteiger partial charge in [0.1, 0.15) is 0 Å². The highest BCUT2D eigenvalue weighted by Gasteiger charge is 2.20. The molecule has 1 aliphatic rings. The molecule has 200 valence electrons. The van der Waals surface area contributed by atoms with Crippen LogP contribution in [0.15, 0.2) is 89.2 Å². The molecule has 37 heavy (non-hydrogen) atoms. The van der Waals surface area contributed by atoms with Crippen LogP contribution < -0.4 is 19.7 Å². The van der Waals surface area contributed by atoms with Crippen molar-refractivity contribution in [3.63, 3.8) is 0 Å². The van der Waals surface area contributed by atoms with Crippen molar-refractivity contribution in [1.29, 1.82) is 0 Å². The number of hydrogen-bond donors (Lipinski definition) is 3. The minimum absolute atomic E-state index is 0. The van der Waals surface area contributed by atoms with Crippen molar-refractivity contribution in [2.45, 2.75) is 11.3 Å². The van der Waals surface area contributed by atoms with E-state index in [0.29, 0.717) is 0 Å². The number of nitrogens with one attached hydrogen (secondary N) is 3. The first-order valence-electron chi connectivity index (χ1n) is 11.3. The molecule has 0 spiro atoms. The molecule has 3 N–H and O–H groups in total. The summed E-state index contributed by atoms with van der Waals surface area (Å²) < 4.78 is 56.8. The molecule has 3 aromatic rings. The number of nitrogens with zero attached hydrogens (tertiary/aromatic N) is 1. The maximum atomic E-state index is 13.0. The first-order chi connectivity index (χ1) is 16.8. The SMILES string of the molecule is Cl.Cl.O=S(=O)(/C=C/c1ccccc1)Nc1ccc(N2CCCNCC2)cc1NS(=O)(=O)c1ccccc1. The van der Waals surface area contributed by atoms with Gasteiger partial charge in [-0.15, -0.1) is 24.8 Å². The van der Waals surface area contributed by atoms with E-state index in [1.165, 1.54) is 18.2 Å². The fourth-order valence-electron chi connectivity index (χ4n) is 3.73. The average molecular weight is 586 g/mol. The van der Waals surface area contributed by atoms with Gasteiger partial charge in [-0.1, -0.05) is 48.5 Å². The smallest absolute Gasteiger partial charge is 0.261 e. The summed E-state index contributed by atoms with van der Waals surface area (Å²) >= 11 is 0. The van der Waals surface area contributed by atoms with Crippen molar-refractivity contribution in [2.75, 3.05) is 40.5 Å². The fraction of sp³-hybridized carbons (Fsp3) is 0.200. The third-order valence-electron chi connectivity index (χ3n) is 5.50. The molecule has 0 amide bonds. The van der Waals surface area contributed by atoms with Gasteiger partial charge in [0.15, 0.2) is 0 Å². The Kier molecular flexibility index (Phi) is 11.3. The molecular formula is C25H30Cl2N4O4S2. The van der Waals surface area contributed by atoms with Gasteiger partial charge in [-0.05, 0) is 54.9 Å². The number of halogens is 2. The van der Waals surface area contributed by atoms with Crippen LogP contribution >= 0.6 is 24.8 Å². The summed E-state index contributed by atoms with van der Waals surface area (Å²) in [6.07, 6.45) is 2.43. The van der Waals surface area contributed by atoms with Crippen LogP contribution in [-0.4, -0.2) is 43.0 Å².